The minimum Gasteiger partial charge on any atom is -0.493 e. The van der Waals surface area contributed by atoms with E-state index in [9.17, 15) is 5.11 Å². The molecular formula is C22H25Br2NO2. The number of hydrogen-bond donors (Lipinski definition) is 1. The summed E-state index contributed by atoms with van der Waals surface area (Å²) >= 11 is 7.06. The van der Waals surface area contributed by atoms with Crippen molar-refractivity contribution in [1.29, 1.82) is 0 Å². The Bertz CT molecular complexity index is 781. The lowest BCUT2D eigenvalue weighted by molar-refractivity contribution is -0.0278. The molecule has 0 bridgehead atoms. The van der Waals surface area contributed by atoms with Crippen molar-refractivity contribution in [1.82, 2.24) is 4.90 Å². The molecule has 2 aliphatic rings. The van der Waals surface area contributed by atoms with E-state index in [1.54, 1.807) is 0 Å². The number of hydrogen-bond acceptors (Lipinski definition) is 3. The van der Waals surface area contributed by atoms with Crippen LogP contribution in [0.1, 0.15) is 36.8 Å². The fourth-order valence-corrected chi connectivity index (χ4v) is 4.35. The Balaban J connectivity index is 1.40. The van der Waals surface area contributed by atoms with Crippen LogP contribution in [0.2, 0.25) is 0 Å². The summed E-state index contributed by atoms with van der Waals surface area (Å²) in [4.78, 5) is 2.42. The number of ether oxygens (including phenoxy) is 1. The van der Waals surface area contributed by atoms with Gasteiger partial charge in [-0.1, -0.05) is 44.0 Å². The van der Waals surface area contributed by atoms with Crippen molar-refractivity contribution in [3.8, 4) is 5.75 Å². The first kappa shape index (κ1) is 19.4. The van der Waals surface area contributed by atoms with E-state index in [4.69, 9.17) is 4.74 Å². The number of benzene rings is 2. The van der Waals surface area contributed by atoms with Gasteiger partial charge in [-0.05, 0) is 67.5 Å². The monoisotopic (exact) mass is 493 g/mol. The van der Waals surface area contributed by atoms with Crippen molar-refractivity contribution in [3.63, 3.8) is 0 Å². The zero-order chi connectivity index (χ0) is 18.9. The van der Waals surface area contributed by atoms with Crippen molar-refractivity contribution >= 4 is 31.9 Å². The highest BCUT2D eigenvalue weighted by Gasteiger charge is 2.34. The van der Waals surface area contributed by atoms with Crippen LogP contribution < -0.4 is 4.74 Å². The van der Waals surface area contributed by atoms with Gasteiger partial charge in [0.2, 0.25) is 0 Å². The molecule has 1 aliphatic carbocycles. The van der Waals surface area contributed by atoms with E-state index in [1.165, 1.54) is 18.4 Å². The van der Waals surface area contributed by atoms with E-state index in [2.05, 4.69) is 48.9 Å². The Kier molecular flexibility index (Phi) is 5.93. The second-order valence-electron chi connectivity index (χ2n) is 7.82. The molecule has 0 spiro atoms. The predicted molar refractivity (Wildman–Crippen MR) is 115 cm³/mol. The van der Waals surface area contributed by atoms with Crippen molar-refractivity contribution < 1.29 is 9.84 Å². The van der Waals surface area contributed by atoms with Crippen molar-refractivity contribution in [2.75, 3.05) is 19.7 Å². The number of likely N-dealkylation sites (tertiary alicyclic amines) is 1. The Hall–Kier alpha value is -0.880. The van der Waals surface area contributed by atoms with Gasteiger partial charge in [-0.15, -0.1) is 0 Å². The fourth-order valence-electron chi connectivity index (χ4n) is 3.68. The van der Waals surface area contributed by atoms with Crippen LogP contribution in [0.5, 0.6) is 5.75 Å². The van der Waals surface area contributed by atoms with Crippen LogP contribution in [0.25, 0.3) is 0 Å². The van der Waals surface area contributed by atoms with E-state index < -0.39 is 5.60 Å². The number of halogens is 2. The smallest absolute Gasteiger partial charge is 0.123 e. The molecule has 0 unspecified atom stereocenters. The van der Waals surface area contributed by atoms with Gasteiger partial charge >= 0.3 is 0 Å². The lowest BCUT2D eigenvalue weighted by Crippen LogP contribution is -2.42. The first-order chi connectivity index (χ1) is 13.0. The van der Waals surface area contributed by atoms with Crippen LogP contribution in [0.15, 0.2) is 51.4 Å². The molecule has 2 fully saturated rings. The summed E-state index contributed by atoms with van der Waals surface area (Å²) in [5.74, 6) is 1.75. The van der Waals surface area contributed by atoms with E-state index in [0.29, 0.717) is 0 Å². The van der Waals surface area contributed by atoms with Gasteiger partial charge in [0.25, 0.3) is 0 Å². The van der Waals surface area contributed by atoms with Gasteiger partial charge < -0.3 is 9.84 Å². The van der Waals surface area contributed by atoms with E-state index in [1.807, 2.05) is 30.3 Å². The van der Waals surface area contributed by atoms with Crippen molar-refractivity contribution in [2.45, 2.75) is 37.8 Å². The van der Waals surface area contributed by atoms with Gasteiger partial charge in [0.1, 0.15) is 5.75 Å². The van der Waals surface area contributed by atoms with Crippen LogP contribution >= 0.6 is 31.9 Å². The third kappa shape index (κ3) is 4.94. The molecule has 1 heterocycles. The molecule has 144 valence electrons. The Morgan fingerprint density at radius 2 is 1.67 bits per heavy atom. The summed E-state index contributed by atoms with van der Waals surface area (Å²) in [7, 11) is 0. The van der Waals surface area contributed by atoms with E-state index in [0.717, 1.165) is 65.3 Å². The van der Waals surface area contributed by atoms with Crippen LogP contribution in [-0.4, -0.2) is 29.7 Å². The maximum Gasteiger partial charge on any atom is 0.123 e. The lowest BCUT2D eigenvalue weighted by Gasteiger charge is -2.38. The van der Waals surface area contributed by atoms with Crippen molar-refractivity contribution in [2.24, 2.45) is 5.92 Å². The SMILES string of the molecule is OC1(c2ccc(Br)cc2)CCN(Cc2cc(Br)ccc2OCC2CC2)CC1. The van der Waals surface area contributed by atoms with Gasteiger partial charge in [-0.2, -0.15) is 0 Å². The molecule has 2 aromatic rings. The summed E-state index contributed by atoms with van der Waals surface area (Å²) in [6, 6.07) is 14.3. The lowest BCUT2D eigenvalue weighted by atomic mass is 9.84. The molecule has 1 N–H and O–H groups in total. The highest BCUT2D eigenvalue weighted by atomic mass is 79.9. The molecule has 27 heavy (non-hydrogen) atoms. The Morgan fingerprint density at radius 1 is 1.00 bits per heavy atom. The fraction of sp³-hybridized carbons (Fsp3) is 0.455. The average molecular weight is 495 g/mol. The molecule has 1 saturated carbocycles. The summed E-state index contributed by atoms with van der Waals surface area (Å²) in [5.41, 5.74) is 1.51. The standard InChI is InChI=1S/C22H25Br2NO2/c23-19-5-3-18(4-6-19)22(26)9-11-25(12-10-22)14-17-13-20(24)7-8-21(17)27-15-16-1-2-16/h3-8,13,16,26H,1-2,9-12,14-15H2. The molecule has 0 radical (unpaired) electrons. The molecule has 2 aromatic carbocycles. The summed E-state index contributed by atoms with van der Waals surface area (Å²) < 4.78 is 8.20. The van der Waals surface area contributed by atoms with Gasteiger partial charge in [-0.25, -0.2) is 0 Å². The second-order valence-corrected chi connectivity index (χ2v) is 9.65. The van der Waals surface area contributed by atoms with E-state index in [-0.39, 0.29) is 0 Å². The highest BCUT2D eigenvalue weighted by Crippen LogP contribution is 2.35. The topological polar surface area (TPSA) is 32.7 Å². The van der Waals surface area contributed by atoms with Crippen LogP contribution in [0.3, 0.4) is 0 Å². The summed E-state index contributed by atoms with van der Waals surface area (Å²) in [6.45, 7) is 3.44. The zero-order valence-electron chi connectivity index (χ0n) is 15.3. The zero-order valence-corrected chi connectivity index (χ0v) is 18.5. The van der Waals surface area contributed by atoms with Gasteiger partial charge in [0, 0.05) is 34.1 Å². The third-order valence-corrected chi connectivity index (χ3v) is 6.67. The summed E-state index contributed by atoms with van der Waals surface area (Å²) in [5, 5.41) is 11.1. The highest BCUT2D eigenvalue weighted by molar-refractivity contribution is 9.10. The number of nitrogens with zero attached hydrogens (tertiary/aromatic N) is 1. The van der Waals surface area contributed by atoms with Crippen LogP contribution in [0.4, 0.5) is 0 Å². The normalized spacial score (nSPS) is 19.8. The second kappa shape index (κ2) is 8.24. The van der Waals surface area contributed by atoms with Crippen LogP contribution in [0, 0.1) is 5.92 Å². The first-order valence-corrected chi connectivity index (χ1v) is 11.2. The molecule has 0 amide bonds. The first-order valence-electron chi connectivity index (χ1n) is 9.64. The minimum absolute atomic E-state index is 0.722. The molecule has 1 aliphatic heterocycles. The van der Waals surface area contributed by atoms with Gasteiger partial charge in [0.15, 0.2) is 0 Å². The quantitative estimate of drug-likeness (QED) is 0.576. The Labute approximate surface area is 178 Å². The number of aliphatic hydroxyl groups is 1. The molecule has 1 saturated heterocycles. The average Bonchev–Trinajstić information content (AvgIpc) is 3.48. The molecular weight excluding hydrogens is 470 g/mol. The molecule has 0 aromatic heterocycles. The van der Waals surface area contributed by atoms with E-state index >= 15 is 0 Å². The maximum atomic E-state index is 11.1. The van der Waals surface area contributed by atoms with Crippen molar-refractivity contribution in [3.05, 3.63) is 62.5 Å². The predicted octanol–water partition coefficient (Wildman–Crippen LogP) is 5.48. The van der Waals surface area contributed by atoms with Crippen LogP contribution in [-0.2, 0) is 12.1 Å². The minimum atomic E-state index is -0.722. The molecule has 4 rings (SSSR count). The number of rotatable bonds is 6. The number of piperidine rings is 1. The largest absolute Gasteiger partial charge is 0.493 e. The third-order valence-electron chi connectivity index (χ3n) is 5.65. The van der Waals surface area contributed by atoms with Gasteiger partial charge in [-0.3, -0.25) is 4.90 Å². The molecule has 3 nitrogen and oxygen atoms in total. The Morgan fingerprint density at radius 3 is 2.33 bits per heavy atom. The summed E-state index contributed by atoms with van der Waals surface area (Å²) in [6.07, 6.45) is 4.10. The molecule has 5 heteroatoms. The van der Waals surface area contributed by atoms with Gasteiger partial charge in [0.05, 0.1) is 12.2 Å². The maximum absolute atomic E-state index is 11.1. The molecule has 0 atom stereocenters.